The van der Waals surface area contributed by atoms with Crippen LogP contribution in [-0.4, -0.2) is 56.0 Å². The highest BCUT2D eigenvalue weighted by Crippen LogP contribution is 2.31. The molecule has 0 aliphatic carbocycles. The van der Waals surface area contributed by atoms with Gasteiger partial charge in [-0.3, -0.25) is 9.36 Å². The van der Waals surface area contributed by atoms with Crippen LogP contribution in [0.3, 0.4) is 0 Å². The van der Waals surface area contributed by atoms with Crippen LogP contribution in [0.25, 0.3) is 5.82 Å². The fraction of sp³-hybridized carbons (Fsp3) is 0.500. The number of hydrogen-bond donors (Lipinski definition) is 2. The first-order chi connectivity index (χ1) is 11.0. The number of nitrogens with zero attached hydrogens (tertiary/aromatic N) is 3. The minimum Gasteiger partial charge on any atom is -0.394 e. The fourth-order valence-corrected chi connectivity index (χ4v) is 3.43. The Morgan fingerprint density at radius 1 is 1.39 bits per heavy atom. The average molecular weight is 319 g/mol. The summed E-state index contributed by atoms with van der Waals surface area (Å²) in [6, 6.07) is 3.54. The zero-order valence-electron chi connectivity index (χ0n) is 13.3. The molecule has 2 aromatic rings. The largest absolute Gasteiger partial charge is 0.394 e. The number of aryl methyl sites for hydroxylation is 1. The maximum atomic E-state index is 13.0. The van der Waals surface area contributed by atoms with Crippen molar-refractivity contribution in [2.75, 3.05) is 19.8 Å². The van der Waals surface area contributed by atoms with Crippen LogP contribution < -0.4 is 0 Å². The number of carbonyl (C=O) groups is 1. The Bertz CT molecular complexity index is 701. The van der Waals surface area contributed by atoms with Crippen molar-refractivity contribution in [1.29, 1.82) is 0 Å². The van der Waals surface area contributed by atoms with E-state index in [4.69, 9.17) is 4.52 Å². The molecule has 1 aliphatic heterocycles. The zero-order valence-corrected chi connectivity index (χ0v) is 13.3. The first-order valence-corrected chi connectivity index (χ1v) is 7.67. The lowest BCUT2D eigenvalue weighted by Gasteiger charge is -2.35. The molecule has 23 heavy (non-hydrogen) atoms. The van der Waals surface area contributed by atoms with Gasteiger partial charge in [-0.2, -0.15) is 0 Å². The SMILES string of the molecule is Cc1cc(C(=O)N2CCCC2(CO)CO)c(C)n1-c1ccon1. The van der Waals surface area contributed by atoms with Crippen LogP contribution in [0, 0.1) is 13.8 Å². The van der Waals surface area contributed by atoms with E-state index >= 15 is 0 Å². The monoisotopic (exact) mass is 319 g/mol. The van der Waals surface area contributed by atoms with Crippen LogP contribution in [0.2, 0.25) is 0 Å². The van der Waals surface area contributed by atoms with E-state index in [0.717, 1.165) is 17.8 Å². The molecule has 0 spiro atoms. The third kappa shape index (κ3) is 2.36. The number of aliphatic hydroxyl groups is 2. The standard InChI is InChI=1S/C16H21N3O4/c1-11-8-13(12(2)19(11)14-4-7-23-17-14)15(22)18-6-3-5-16(18,9-20)10-21/h4,7-8,20-21H,3,5-6,9-10H2,1-2H3. The van der Waals surface area contributed by atoms with E-state index in [1.54, 1.807) is 11.0 Å². The fourth-order valence-electron chi connectivity index (χ4n) is 3.43. The Morgan fingerprint density at radius 2 is 2.13 bits per heavy atom. The van der Waals surface area contributed by atoms with E-state index in [2.05, 4.69) is 5.16 Å². The number of carbonyl (C=O) groups excluding carboxylic acids is 1. The number of aliphatic hydroxyl groups excluding tert-OH is 2. The highest BCUT2D eigenvalue weighted by Gasteiger charge is 2.43. The molecule has 0 radical (unpaired) electrons. The molecule has 0 unspecified atom stereocenters. The molecule has 3 rings (SSSR count). The zero-order chi connectivity index (χ0) is 16.6. The Balaban J connectivity index is 2.00. The molecule has 7 heteroatoms. The van der Waals surface area contributed by atoms with Gasteiger partial charge in [0.1, 0.15) is 6.26 Å². The summed E-state index contributed by atoms with van der Waals surface area (Å²) in [5.74, 6) is 0.449. The highest BCUT2D eigenvalue weighted by molar-refractivity contribution is 5.96. The smallest absolute Gasteiger partial charge is 0.256 e. The molecule has 1 fully saturated rings. The van der Waals surface area contributed by atoms with E-state index < -0.39 is 5.54 Å². The van der Waals surface area contributed by atoms with E-state index in [1.165, 1.54) is 6.26 Å². The van der Waals surface area contributed by atoms with Crippen LogP contribution in [0.5, 0.6) is 0 Å². The Morgan fingerprint density at radius 3 is 2.74 bits per heavy atom. The molecular weight excluding hydrogens is 298 g/mol. The van der Waals surface area contributed by atoms with Crippen molar-refractivity contribution in [3.05, 3.63) is 35.3 Å². The summed E-state index contributed by atoms with van der Waals surface area (Å²) in [7, 11) is 0. The minimum atomic E-state index is -0.868. The summed E-state index contributed by atoms with van der Waals surface area (Å²) < 4.78 is 6.74. The second-order valence-electron chi connectivity index (χ2n) is 6.08. The summed E-state index contributed by atoms with van der Waals surface area (Å²) in [4.78, 5) is 14.6. The summed E-state index contributed by atoms with van der Waals surface area (Å²) in [6.45, 7) is 3.81. The Hall–Kier alpha value is -2.12. The molecule has 1 saturated heterocycles. The van der Waals surface area contributed by atoms with Gasteiger partial charge < -0.3 is 19.6 Å². The molecule has 2 aromatic heterocycles. The van der Waals surface area contributed by atoms with Gasteiger partial charge in [-0.1, -0.05) is 5.16 Å². The van der Waals surface area contributed by atoms with E-state index in [0.29, 0.717) is 24.3 Å². The molecule has 1 amide bonds. The van der Waals surface area contributed by atoms with Crippen LogP contribution in [-0.2, 0) is 0 Å². The molecule has 0 atom stereocenters. The predicted octanol–water partition coefficient (Wildman–Crippen LogP) is 1.04. The molecule has 1 aliphatic rings. The van der Waals surface area contributed by atoms with Crippen molar-refractivity contribution in [3.63, 3.8) is 0 Å². The summed E-state index contributed by atoms with van der Waals surface area (Å²) in [5, 5.41) is 23.3. The van der Waals surface area contributed by atoms with Crippen LogP contribution in [0.1, 0.15) is 34.6 Å². The third-order valence-corrected chi connectivity index (χ3v) is 4.75. The topological polar surface area (TPSA) is 91.7 Å². The lowest BCUT2D eigenvalue weighted by molar-refractivity contribution is 0.0147. The first kappa shape index (κ1) is 15.8. The van der Waals surface area contributed by atoms with Crippen molar-refractivity contribution in [3.8, 4) is 5.82 Å². The van der Waals surface area contributed by atoms with Gasteiger partial charge in [-0.05, 0) is 32.8 Å². The van der Waals surface area contributed by atoms with Crippen LogP contribution in [0.15, 0.2) is 22.9 Å². The van der Waals surface area contributed by atoms with Crippen LogP contribution >= 0.6 is 0 Å². The van der Waals surface area contributed by atoms with Gasteiger partial charge in [-0.25, -0.2) is 0 Å². The van der Waals surface area contributed by atoms with Gasteiger partial charge in [0, 0.05) is 24.0 Å². The number of rotatable bonds is 4. The molecule has 2 N–H and O–H groups in total. The van der Waals surface area contributed by atoms with Gasteiger partial charge in [0.25, 0.3) is 5.91 Å². The second-order valence-corrected chi connectivity index (χ2v) is 6.08. The van der Waals surface area contributed by atoms with E-state index in [-0.39, 0.29) is 19.1 Å². The molecule has 3 heterocycles. The van der Waals surface area contributed by atoms with Gasteiger partial charge in [-0.15, -0.1) is 0 Å². The van der Waals surface area contributed by atoms with Gasteiger partial charge in [0.05, 0.1) is 24.3 Å². The first-order valence-electron chi connectivity index (χ1n) is 7.67. The average Bonchev–Trinajstić information content (AvgIpc) is 3.26. The summed E-state index contributed by atoms with van der Waals surface area (Å²) in [5.41, 5.74) is 1.32. The van der Waals surface area contributed by atoms with Gasteiger partial charge >= 0.3 is 0 Å². The van der Waals surface area contributed by atoms with Crippen molar-refractivity contribution in [2.24, 2.45) is 0 Å². The minimum absolute atomic E-state index is 0.173. The summed E-state index contributed by atoms with van der Waals surface area (Å²) in [6.07, 6.45) is 2.86. The van der Waals surface area contributed by atoms with Crippen molar-refractivity contribution < 1.29 is 19.5 Å². The third-order valence-electron chi connectivity index (χ3n) is 4.75. The number of aromatic nitrogens is 2. The highest BCUT2D eigenvalue weighted by atomic mass is 16.5. The lowest BCUT2D eigenvalue weighted by atomic mass is 9.98. The maximum Gasteiger partial charge on any atom is 0.256 e. The number of likely N-dealkylation sites (tertiary alicyclic amines) is 1. The molecule has 7 nitrogen and oxygen atoms in total. The van der Waals surface area contributed by atoms with Crippen molar-refractivity contribution in [2.45, 2.75) is 32.2 Å². The molecule has 124 valence electrons. The van der Waals surface area contributed by atoms with Crippen molar-refractivity contribution >= 4 is 5.91 Å². The normalized spacial score (nSPS) is 17.0. The molecule has 0 bridgehead atoms. The van der Waals surface area contributed by atoms with Gasteiger partial charge in [0.15, 0.2) is 5.82 Å². The Kier molecular flexibility index (Phi) is 3.99. The van der Waals surface area contributed by atoms with E-state index in [9.17, 15) is 15.0 Å². The van der Waals surface area contributed by atoms with E-state index in [1.807, 2.05) is 24.5 Å². The Labute approximate surface area is 134 Å². The number of hydrogen-bond acceptors (Lipinski definition) is 5. The predicted molar refractivity (Wildman–Crippen MR) is 82.5 cm³/mol. The quantitative estimate of drug-likeness (QED) is 0.878. The molecular formula is C16H21N3O4. The lowest BCUT2D eigenvalue weighted by Crippen LogP contribution is -2.52. The second kappa shape index (κ2) is 5.82. The maximum absolute atomic E-state index is 13.0. The number of amides is 1. The van der Waals surface area contributed by atoms with Crippen molar-refractivity contribution in [1.82, 2.24) is 14.6 Å². The molecule has 0 saturated carbocycles. The summed E-state index contributed by atoms with van der Waals surface area (Å²) >= 11 is 0. The molecule has 0 aromatic carbocycles. The van der Waals surface area contributed by atoms with Gasteiger partial charge in [0.2, 0.25) is 0 Å². The van der Waals surface area contributed by atoms with Crippen LogP contribution in [0.4, 0.5) is 0 Å².